The summed E-state index contributed by atoms with van der Waals surface area (Å²) in [5.41, 5.74) is 2.54. The van der Waals surface area contributed by atoms with Gasteiger partial charge in [-0.15, -0.1) is 0 Å². The molecule has 0 bridgehead atoms. The van der Waals surface area contributed by atoms with Crippen LogP contribution in [0.3, 0.4) is 0 Å². The van der Waals surface area contributed by atoms with Crippen LogP contribution in [0.2, 0.25) is 0 Å². The molecule has 0 saturated heterocycles. The van der Waals surface area contributed by atoms with Gasteiger partial charge in [0.15, 0.2) is 5.03 Å². The molecule has 0 aliphatic carbocycles. The standard InChI is InChI=1S/C11H17N5O2S/c1-3-16(8-9(2)7-12)19(17,18)11-10(15-13)5-4-6-14-11/h4-6,9,15H,3,8,13H2,1-2H3. The molecule has 1 unspecified atom stereocenters. The van der Waals surface area contributed by atoms with E-state index in [0.717, 1.165) is 0 Å². The highest BCUT2D eigenvalue weighted by Crippen LogP contribution is 2.21. The van der Waals surface area contributed by atoms with Crippen molar-refractivity contribution >= 4 is 15.7 Å². The molecule has 0 saturated carbocycles. The van der Waals surface area contributed by atoms with E-state index < -0.39 is 15.9 Å². The van der Waals surface area contributed by atoms with E-state index in [1.807, 2.05) is 6.07 Å². The predicted molar refractivity (Wildman–Crippen MR) is 71.3 cm³/mol. The molecule has 0 amide bonds. The first kappa shape index (κ1) is 15.4. The minimum absolute atomic E-state index is 0.121. The lowest BCUT2D eigenvalue weighted by Crippen LogP contribution is -2.35. The molecule has 0 aromatic carbocycles. The second-order valence-electron chi connectivity index (χ2n) is 3.99. The summed E-state index contributed by atoms with van der Waals surface area (Å²) < 4.78 is 26.1. The van der Waals surface area contributed by atoms with Gasteiger partial charge in [-0.05, 0) is 19.1 Å². The molecule has 1 rings (SSSR count). The number of nitrogens with one attached hydrogen (secondary N) is 1. The predicted octanol–water partition coefficient (Wildman–Crippen LogP) is 0.537. The van der Waals surface area contributed by atoms with Crippen LogP contribution in [0.15, 0.2) is 23.4 Å². The Morgan fingerprint density at radius 3 is 2.84 bits per heavy atom. The number of hydrazine groups is 1. The zero-order chi connectivity index (χ0) is 14.5. The monoisotopic (exact) mass is 283 g/mol. The molecule has 104 valence electrons. The van der Waals surface area contributed by atoms with Gasteiger partial charge in [0.05, 0.1) is 17.7 Å². The zero-order valence-electron chi connectivity index (χ0n) is 10.9. The molecule has 0 fully saturated rings. The van der Waals surface area contributed by atoms with Gasteiger partial charge in [-0.3, -0.25) is 5.84 Å². The quantitative estimate of drug-likeness (QED) is 0.582. The van der Waals surface area contributed by atoms with E-state index >= 15 is 0 Å². The fourth-order valence-electron chi connectivity index (χ4n) is 1.57. The topological polar surface area (TPSA) is 112 Å². The Morgan fingerprint density at radius 2 is 2.32 bits per heavy atom. The fourth-order valence-corrected chi connectivity index (χ4v) is 3.18. The Kier molecular flexibility index (Phi) is 5.23. The summed E-state index contributed by atoms with van der Waals surface area (Å²) in [7, 11) is -3.77. The number of sulfonamides is 1. The van der Waals surface area contributed by atoms with Crippen molar-refractivity contribution in [2.45, 2.75) is 18.9 Å². The highest BCUT2D eigenvalue weighted by molar-refractivity contribution is 7.89. The highest BCUT2D eigenvalue weighted by Gasteiger charge is 2.28. The van der Waals surface area contributed by atoms with Crippen LogP contribution >= 0.6 is 0 Å². The molecule has 8 heteroatoms. The number of aromatic nitrogens is 1. The summed E-state index contributed by atoms with van der Waals surface area (Å²) in [6, 6.07) is 5.13. The number of hydrogen-bond acceptors (Lipinski definition) is 6. The average Bonchev–Trinajstić information content (AvgIpc) is 2.43. The van der Waals surface area contributed by atoms with E-state index in [-0.39, 0.29) is 23.8 Å². The van der Waals surface area contributed by atoms with Gasteiger partial charge >= 0.3 is 0 Å². The Hall–Kier alpha value is -1.69. The van der Waals surface area contributed by atoms with E-state index in [0.29, 0.717) is 0 Å². The lowest BCUT2D eigenvalue weighted by molar-refractivity contribution is 0.398. The van der Waals surface area contributed by atoms with E-state index in [1.54, 1.807) is 19.9 Å². The van der Waals surface area contributed by atoms with Crippen LogP contribution in [0.4, 0.5) is 5.69 Å². The van der Waals surface area contributed by atoms with Gasteiger partial charge in [0.25, 0.3) is 10.0 Å². The van der Waals surface area contributed by atoms with Crippen LogP contribution in [-0.2, 0) is 10.0 Å². The van der Waals surface area contributed by atoms with Crippen LogP contribution in [0.1, 0.15) is 13.8 Å². The molecule has 7 nitrogen and oxygen atoms in total. The zero-order valence-corrected chi connectivity index (χ0v) is 11.7. The third-order valence-electron chi connectivity index (χ3n) is 2.56. The molecule has 3 N–H and O–H groups in total. The van der Waals surface area contributed by atoms with Crippen LogP contribution in [0.25, 0.3) is 0 Å². The number of anilines is 1. The third-order valence-corrected chi connectivity index (χ3v) is 4.46. The fraction of sp³-hybridized carbons (Fsp3) is 0.455. The van der Waals surface area contributed by atoms with Crippen molar-refractivity contribution in [1.82, 2.24) is 9.29 Å². The van der Waals surface area contributed by atoms with Gasteiger partial charge in [-0.1, -0.05) is 6.92 Å². The highest BCUT2D eigenvalue weighted by atomic mass is 32.2. The van der Waals surface area contributed by atoms with Crippen LogP contribution < -0.4 is 11.3 Å². The minimum atomic E-state index is -3.77. The van der Waals surface area contributed by atoms with Crippen molar-refractivity contribution < 1.29 is 8.42 Å². The van der Waals surface area contributed by atoms with Crippen LogP contribution in [-0.4, -0.2) is 30.8 Å². The largest absolute Gasteiger partial charge is 0.321 e. The lowest BCUT2D eigenvalue weighted by Gasteiger charge is -2.21. The molecule has 0 aliphatic heterocycles. The summed E-state index contributed by atoms with van der Waals surface area (Å²) in [4.78, 5) is 3.87. The minimum Gasteiger partial charge on any atom is -0.321 e. The first-order valence-corrected chi connectivity index (χ1v) is 7.22. The van der Waals surface area contributed by atoms with Crippen molar-refractivity contribution in [3.63, 3.8) is 0 Å². The summed E-state index contributed by atoms with van der Waals surface area (Å²) in [5, 5.41) is 8.66. The number of nitrogens with two attached hydrogens (primary N) is 1. The normalized spacial score (nSPS) is 13.0. The number of hydrogen-bond donors (Lipinski definition) is 2. The Bertz CT molecular complexity index is 567. The second-order valence-corrected chi connectivity index (χ2v) is 5.84. The Labute approximate surface area is 113 Å². The molecule has 1 aromatic rings. The second kappa shape index (κ2) is 6.47. The molecule has 1 atom stereocenters. The molecule has 0 aliphatic rings. The molecule has 1 aromatic heterocycles. The Morgan fingerprint density at radius 1 is 1.63 bits per heavy atom. The van der Waals surface area contributed by atoms with Crippen molar-refractivity contribution in [2.75, 3.05) is 18.5 Å². The maximum absolute atomic E-state index is 12.5. The number of rotatable bonds is 6. The van der Waals surface area contributed by atoms with E-state index in [9.17, 15) is 8.42 Å². The third kappa shape index (κ3) is 3.41. The summed E-state index contributed by atoms with van der Waals surface area (Å²) in [6.45, 7) is 3.75. The van der Waals surface area contributed by atoms with E-state index in [1.165, 1.54) is 16.6 Å². The Balaban J connectivity index is 3.18. The van der Waals surface area contributed by atoms with E-state index in [2.05, 4.69) is 10.4 Å². The molecule has 0 spiro atoms. The smallest absolute Gasteiger partial charge is 0.262 e. The number of nitrogens with zero attached hydrogens (tertiary/aromatic N) is 3. The molecule has 1 heterocycles. The van der Waals surface area contributed by atoms with Gasteiger partial charge in [0.1, 0.15) is 0 Å². The summed E-state index contributed by atoms with van der Waals surface area (Å²) in [6.07, 6.45) is 1.38. The lowest BCUT2D eigenvalue weighted by atomic mass is 10.2. The molecular formula is C11H17N5O2S. The van der Waals surface area contributed by atoms with Crippen LogP contribution in [0, 0.1) is 17.2 Å². The first-order valence-electron chi connectivity index (χ1n) is 5.78. The van der Waals surface area contributed by atoms with Crippen molar-refractivity contribution in [3.8, 4) is 6.07 Å². The van der Waals surface area contributed by atoms with Crippen molar-refractivity contribution in [2.24, 2.45) is 11.8 Å². The average molecular weight is 283 g/mol. The van der Waals surface area contributed by atoms with Gasteiger partial charge in [0.2, 0.25) is 0 Å². The number of nitriles is 1. The number of pyridine rings is 1. The maximum atomic E-state index is 12.5. The van der Waals surface area contributed by atoms with Gasteiger partial charge < -0.3 is 5.43 Å². The van der Waals surface area contributed by atoms with Crippen LogP contribution in [0.5, 0.6) is 0 Å². The first-order chi connectivity index (χ1) is 8.97. The molecule has 0 radical (unpaired) electrons. The van der Waals surface area contributed by atoms with Gasteiger partial charge in [0, 0.05) is 19.3 Å². The van der Waals surface area contributed by atoms with E-state index in [4.69, 9.17) is 11.1 Å². The summed E-state index contributed by atoms with van der Waals surface area (Å²) in [5.74, 6) is 4.90. The SMILES string of the molecule is CCN(CC(C)C#N)S(=O)(=O)c1ncccc1NN. The maximum Gasteiger partial charge on any atom is 0.262 e. The van der Waals surface area contributed by atoms with Gasteiger partial charge in [-0.25, -0.2) is 13.4 Å². The summed E-state index contributed by atoms with van der Waals surface area (Å²) >= 11 is 0. The molecular weight excluding hydrogens is 266 g/mol. The van der Waals surface area contributed by atoms with Gasteiger partial charge in [-0.2, -0.15) is 9.57 Å². The van der Waals surface area contributed by atoms with Crippen molar-refractivity contribution in [1.29, 1.82) is 5.26 Å². The van der Waals surface area contributed by atoms with Crippen molar-refractivity contribution in [3.05, 3.63) is 18.3 Å². The number of nitrogen functional groups attached to an aromatic ring is 1. The molecule has 19 heavy (non-hydrogen) atoms.